The summed E-state index contributed by atoms with van der Waals surface area (Å²) in [4.78, 5) is 0. The lowest BCUT2D eigenvalue weighted by molar-refractivity contribution is 0.0693. The van der Waals surface area contributed by atoms with E-state index in [0.717, 1.165) is 5.92 Å². The first-order valence-corrected chi connectivity index (χ1v) is 5.21. The predicted octanol–water partition coefficient (Wildman–Crippen LogP) is 0.862. The van der Waals surface area contributed by atoms with Crippen molar-refractivity contribution in [1.29, 1.82) is 0 Å². The van der Waals surface area contributed by atoms with Crippen LogP contribution in [0.5, 0.6) is 0 Å². The fourth-order valence-corrected chi connectivity index (χ4v) is 2.47. The van der Waals surface area contributed by atoms with Gasteiger partial charge in [-0.15, -0.1) is 0 Å². The SMILES string of the molecule is S=P12OC[C](CO1)CO2. The van der Waals surface area contributed by atoms with Crippen LogP contribution in [0.3, 0.4) is 0 Å². The normalized spacial score (nSPS) is 32.9. The minimum atomic E-state index is -2.22. The van der Waals surface area contributed by atoms with Crippen LogP contribution in [0.25, 0.3) is 0 Å². The predicted molar refractivity (Wildman–Crippen MR) is 35.4 cm³/mol. The Morgan fingerprint density at radius 2 is 1.56 bits per heavy atom. The average Bonchev–Trinajstić information content (AvgIpc) is 1.90. The summed E-state index contributed by atoms with van der Waals surface area (Å²) in [6.07, 6.45) is 0. The van der Waals surface area contributed by atoms with Gasteiger partial charge in [-0.3, -0.25) is 0 Å². The molecule has 3 nitrogen and oxygen atoms in total. The third-order valence-corrected chi connectivity index (χ3v) is 3.57. The van der Waals surface area contributed by atoms with Gasteiger partial charge < -0.3 is 13.6 Å². The van der Waals surface area contributed by atoms with Crippen LogP contribution in [0.4, 0.5) is 0 Å². The average molecular weight is 165 g/mol. The Labute approximate surface area is 58.5 Å². The maximum absolute atomic E-state index is 5.11. The van der Waals surface area contributed by atoms with Gasteiger partial charge in [-0.25, -0.2) is 0 Å². The molecule has 0 N–H and O–H groups in total. The zero-order chi connectivity index (χ0) is 6.32. The lowest BCUT2D eigenvalue weighted by Gasteiger charge is -2.36. The van der Waals surface area contributed by atoms with Crippen molar-refractivity contribution in [1.82, 2.24) is 0 Å². The van der Waals surface area contributed by atoms with Gasteiger partial charge in [0.1, 0.15) is 0 Å². The molecule has 0 atom stereocenters. The fraction of sp³-hybridized carbons (Fsp3) is 0.750. The molecule has 3 aliphatic rings. The summed E-state index contributed by atoms with van der Waals surface area (Å²) < 4.78 is 15.3. The van der Waals surface area contributed by atoms with Gasteiger partial charge in [-0.2, -0.15) is 0 Å². The number of rotatable bonds is 0. The molecule has 0 amide bonds. The smallest absolute Gasteiger partial charge is 0.308 e. The van der Waals surface area contributed by atoms with E-state index >= 15 is 0 Å². The van der Waals surface area contributed by atoms with Crippen molar-refractivity contribution in [3.05, 3.63) is 5.92 Å². The van der Waals surface area contributed by atoms with Crippen molar-refractivity contribution in [3.8, 4) is 0 Å². The van der Waals surface area contributed by atoms with Crippen LogP contribution >= 0.6 is 6.72 Å². The van der Waals surface area contributed by atoms with Crippen LogP contribution < -0.4 is 0 Å². The van der Waals surface area contributed by atoms with E-state index in [9.17, 15) is 0 Å². The molecule has 51 valence electrons. The summed E-state index contributed by atoms with van der Waals surface area (Å²) in [7, 11) is 0. The van der Waals surface area contributed by atoms with Crippen LogP contribution in [0, 0.1) is 5.92 Å². The summed E-state index contributed by atoms with van der Waals surface area (Å²) >= 11 is 4.92. The second-order valence-corrected chi connectivity index (χ2v) is 5.03. The molecule has 5 heteroatoms. The molecule has 0 aromatic rings. The van der Waals surface area contributed by atoms with E-state index < -0.39 is 6.72 Å². The van der Waals surface area contributed by atoms with Crippen molar-refractivity contribution in [2.45, 2.75) is 0 Å². The Bertz CT molecular complexity index is 143. The first-order valence-electron chi connectivity index (χ1n) is 2.66. The van der Waals surface area contributed by atoms with E-state index in [2.05, 4.69) is 0 Å². The molecule has 1 radical (unpaired) electrons. The highest BCUT2D eigenvalue weighted by molar-refractivity contribution is 8.07. The van der Waals surface area contributed by atoms with E-state index in [0.29, 0.717) is 19.8 Å². The molecule has 2 bridgehead atoms. The third-order valence-electron chi connectivity index (χ3n) is 1.28. The first kappa shape index (κ1) is 6.25. The van der Waals surface area contributed by atoms with Gasteiger partial charge in [-0.05, 0) is 11.8 Å². The molecule has 0 unspecified atom stereocenters. The van der Waals surface area contributed by atoms with E-state index in [4.69, 9.17) is 25.4 Å². The van der Waals surface area contributed by atoms with Gasteiger partial charge in [-0.1, -0.05) is 0 Å². The minimum absolute atomic E-state index is 0.650. The van der Waals surface area contributed by atoms with Gasteiger partial charge >= 0.3 is 6.72 Å². The van der Waals surface area contributed by atoms with Gasteiger partial charge in [0.05, 0.1) is 25.7 Å². The first-order chi connectivity index (χ1) is 4.29. The number of hydrogen-bond donors (Lipinski definition) is 0. The van der Waals surface area contributed by atoms with Gasteiger partial charge in [0.2, 0.25) is 0 Å². The minimum Gasteiger partial charge on any atom is -0.308 e. The molecule has 3 rings (SSSR count). The summed E-state index contributed by atoms with van der Waals surface area (Å²) in [6.45, 7) is -0.266. The van der Waals surface area contributed by atoms with Crippen molar-refractivity contribution < 1.29 is 13.6 Å². The molecule has 0 aromatic heterocycles. The molecule has 3 aliphatic heterocycles. The Hall–Kier alpha value is 0.530. The maximum Gasteiger partial charge on any atom is 0.327 e. The molecule has 0 spiro atoms. The Morgan fingerprint density at radius 1 is 1.11 bits per heavy atom. The van der Waals surface area contributed by atoms with Crippen molar-refractivity contribution >= 4 is 18.5 Å². The molecule has 0 aliphatic carbocycles. The van der Waals surface area contributed by atoms with Crippen LogP contribution in [0.15, 0.2) is 0 Å². The van der Waals surface area contributed by atoms with Crippen LogP contribution in [-0.2, 0) is 25.4 Å². The summed E-state index contributed by atoms with van der Waals surface area (Å²) in [5, 5.41) is 0. The summed E-state index contributed by atoms with van der Waals surface area (Å²) in [5.41, 5.74) is 0. The fourth-order valence-electron chi connectivity index (χ4n) is 0.748. The van der Waals surface area contributed by atoms with E-state index in [1.54, 1.807) is 0 Å². The maximum atomic E-state index is 5.11. The second kappa shape index (κ2) is 2.01. The Kier molecular flexibility index (Phi) is 1.39. The molecule has 3 heterocycles. The second-order valence-electron chi connectivity index (χ2n) is 2.02. The zero-order valence-corrected chi connectivity index (χ0v) is 6.41. The Morgan fingerprint density at radius 3 is 1.78 bits per heavy atom. The zero-order valence-electron chi connectivity index (χ0n) is 4.70. The molecule has 3 saturated heterocycles. The third kappa shape index (κ3) is 1.06. The van der Waals surface area contributed by atoms with Crippen LogP contribution in [-0.4, -0.2) is 19.8 Å². The monoisotopic (exact) mass is 165 g/mol. The summed E-state index contributed by atoms with van der Waals surface area (Å²) in [5.74, 6) is 1.15. The van der Waals surface area contributed by atoms with E-state index in [1.807, 2.05) is 0 Å². The lowest BCUT2D eigenvalue weighted by atomic mass is 10.2. The summed E-state index contributed by atoms with van der Waals surface area (Å²) in [6, 6.07) is 0. The van der Waals surface area contributed by atoms with Gasteiger partial charge in [0, 0.05) is 0 Å². The van der Waals surface area contributed by atoms with Crippen LogP contribution in [0.1, 0.15) is 0 Å². The number of fused-ring (bicyclic) bond motifs is 3. The van der Waals surface area contributed by atoms with Crippen molar-refractivity contribution in [3.63, 3.8) is 0 Å². The molecule has 0 saturated carbocycles. The van der Waals surface area contributed by atoms with E-state index in [1.165, 1.54) is 0 Å². The highest BCUT2D eigenvalue weighted by Gasteiger charge is 2.36. The molecular formula is C4H6O3PS. The quantitative estimate of drug-likeness (QED) is 0.497. The van der Waals surface area contributed by atoms with Crippen molar-refractivity contribution in [2.24, 2.45) is 0 Å². The molecule has 0 aromatic carbocycles. The number of hydrogen-bond acceptors (Lipinski definition) is 4. The molecule has 9 heavy (non-hydrogen) atoms. The highest BCUT2D eigenvalue weighted by atomic mass is 32.5. The van der Waals surface area contributed by atoms with Gasteiger partial charge in [0.15, 0.2) is 0 Å². The molecule has 3 fully saturated rings. The largest absolute Gasteiger partial charge is 0.327 e. The standard InChI is InChI=1S/C4H6O3PS/c9-8-5-1-4(2-6-8)3-7-8/h1-3H2. The van der Waals surface area contributed by atoms with Crippen molar-refractivity contribution in [2.75, 3.05) is 19.8 Å². The van der Waals surface area contributed by atoms with Gasteiger partial charge in [0.25, 0.3) is 0 Å². The van der Waals surface area contributed by atoms with E-state index in [-0.39, 0.29) is 0 Å². The van der Waals surface area contributed by atoms with Crippen LogP contribution in [0.2, 0.25) is 0 Å². The lowest BCUT2D eigenvalue weighted by Crippen LogP contribution is -2.29. The Balaban J connectivity index is 2.20. The highest BCUT2D eigenvalue weighted by Crippen LogP contribution is 2.57. The molecular weight excluding hydrogens is 159 g/mol. The topological polar surface area (TPSA) is 27.7 Å².